The molecule has 1 amide bonds. The third-order valence-electron chi connectivity index (χ3n) is 4.95. The molecule has 1 atom stereocenters. The molecule has 130 valence electrons. The van der Waals surface area contributed by atoms with Gasteiger partial charge in [-0.3, -0.25) is 4.79 Å². The molecule has 0 saturated heterocycles. The summed E-state index contributed by atoms with van der Waals surface area (Å²) in [7, 11) is 0. The smallest absolute Gasteiger partial charge is 0.243 e. The SMILES string of the molecule is C[C@@H]1Cc2ccccc2N1CC(=O)Nc1ccccc1-c1ccccc1. The molecule has 1 N–H and O–H groups in total. The number of carbonyl (C=O) groups excluding carboxylic acids is 1. The van der Waals surface area contributed by atoms with Crippen LogP contribution in [0.2, 0.25) is 0 Å². The number of carbonyl (C=O) groups is 1. The van der Waals surface area contributed by atoms with Gasteiger partial charge in [0.05, 0.1) is 6.54 Å². The Labute approximate surface area is 154 Å². The summed E-state index contributed by atoms with van der Waals surface area (Å²) in [6.07, 6.45) is 0.990. The summed E-state index contributed by atoms with van der Waals surface area (Å²) in [5.74, 6) is 0.0111. The van der Waals surface area contributed by atoms with Crippen LogP contribution in [0.1, 0.15) is 12.5 Å². The second kappa shape index (κ2) is 7.04. The number of rotatable bonds is 4. The summed E-state index contributed by atoms with van der Waals surface area (Å²) in [4.78, 5) is 14.9. The van der Waals surface area contributed by atoms with Crippen molar-refractivity contribution in [3.05, 3.63) is 84.4 Å². The van der Waals surface area contributed by atoms with Crippen molar-refractivity contribution in [3.63, 3.8) is 0 Å². The number of nitrogens with zero attached hydrogens (tertiary/aromatic N) is 1. The van der Waals surface area contributed by atoms with E-state index in [-0.39, 0.29) is 5.91 Å². The molecule has 1 aliphatic rings. The fourth-order valence-corrected chi connectivity index (χ4v) is 3.68. The quantitative estimate of drug-likeness (QED) is 0.742. The van der Waals surface area contributed by atoms with Gasteiger partial charge >= 0.3 is 0 Å². The van der Waals surface area contributed by atoms with E-state index in [1.165, 1.54) is 11.3 Å². The molecule has 0 fully saturated rings. The van der Waals surface area contributed by atoms with Gasteiger partial charge in [0.15, 0.2) is 0 Å². The lowest BCUT2D eigenvalue weighted by molar-refractivity contribution is -0.115. The van der Waals surface area contributed by atoms with Crippen LogP contribution < -0.4 is 10.2 Å². The number of para-hydroxylation sites is 2. The molecule has 0 aliphatic carbocycles. The van der Waals surface area contributed by atoms with Crippen molar-refractivity contribution < 1.29 is 4.79 Å². The van der Waals surface area contributed by atoms with Crippen molar-refractivity contribution >= 4 is 17.3 Å². The van der Waals surface area contributed by atoms with Crippen LogP contribution in [-0.2, 0) is 11.2 Å². The Morgan fingerprint density at radius 1 is 0.962 bits per heavy atom. The van der Waals surface area contributed by atoms with Gasteiger partial charge in [-0.15, -0.1) is 0 Å². The maximum absolute atomic E-state index is 12.8. The first-order chi connectivity index (χ1) is 12.7. The maximum Gasteiger partial charge on any atom is 0.243 e. The molecular formula is C23H22N2O. The van der Waals surface area contributed by atoms with Crippen LogP contribution in [0.4, 0.5) is 11.4 Å². The van der Waals surface area contributed by atoms with Crippen LogP contribution in [0, 0.1) is 0 Å². The fraction of sp³-hybridized carbons (Fsp3) is 0.174. The molecule has 0 aromatic heterocycles. The number of fused-ring (bicyclic) bond motifs is 1. The maximum atomic E-state index is 12.8. The Kier molecular flexibility index (Phi) is 4.44. The molecule has 3 heteroatoms. The standard InChI is InChI=1S/C23H22N2O/c1-17-15-19-11-5-8-14-22(19)25(17)16-23(26)24-21-13-7-6-12-20(21)18-9-3-2-4-10-18/h2-14,17H,15-16H2,1H3,(H,24,26)/t17-/m1/s1. The second-order valence-electron chi connectivity index (χ2n) is 6.77. The van der Waals surface area contributed by atoms with E-state index in [1.807, 2.05) is 48.5 Å². The van der Waals surface area contributed by atoms with Crippen molar-refractivity contribution in [2.75, 3.05) is 16.8 Å². The van der Waals surface area contributed by atoms with Gasteiger partial charge in [-0.1, -0.05) is 66.7 Å². The van der Waals surface area contributed by atoms with Crippen molar-refractivity contribution in [1.82, 2.24) is 0 Å². The van der Waals surface area contributed by atoms with E-state index in [2.05, 4.69) is 47.5 Å². The van der Waals surface area contributed by atoms with Gasteiger partial charge in [-0.2, -0.15) is 0 Å². The predicted octanol–water partition coefficient (Wildman–Crippen LogP) is 4.74. The molecule has 0 bridgehead atoms. The molecule has 3 aromatic rings. The largest absolute Gasteiger partial charge is 0.359 e. The highest BCUT2D eigenvalue weighted by atomic mass is 16.2. The number of benzene rings is 3. The van der Waals surface area contributed by atoms with Gasteiger partial charge in [0.1, 0.15) is 0 Å². The molecule has 4 rings (SSSR count). The first-order valence-corrected chi connectivity index (χ1v) is 9.01. The highest BCUT2D eigenvalue weighted by Crippen LogP contribution is 2.32. The van der Waals surface area contributed by atoms with Gasteiger partial charge in [0.25, 0.3) is 0 Å². The Balaban J connectivity index is 1.53. The Morgan fingerprint density at radius 3 is 2.50 bits per heavy atom. The van der Waals surface area contributed by atoms with Crippen LogP contribution in [0.15, 0.2) is 78.9 Å². The molecule has 3 aromatic carbocycles. The zero-order valence-electron chi connectivity index (χ0n) is 14.9. The topological polar surface area (TPSA) is 32.3 Å². The minimum Gasteiger partial charge on any atom is -0.359 e. The molecule has 0 spiro atoms. The van der Waals surface area contributed by atoms with Gasteiger partial charge in [-0.05, 0) is 36.6 Å². The lowest BCUT2D eigenvalue weighted by atomic mass is 10.0. The van der Waals surface area contributed by atoms with E-state index in [1.54, 1.807) is 0 Å². The van der Waals surface area contributed by atoms with Crippen LogP contribution in [0.5, 0.6) is 0 Å². The third kappa shape index (κ3) is 3.21. The molecule has 0 saturated carbocycles. The minimum atomic E-state index is 0.0111. The number of hydrogen-bond acceptors (Lipinski definition) is 2. The van der Waals surface area contributed by atoms with E-state index >= 15 is 0 Å². The lowest BCUT2D eigenvalue weighted by Gasteiger charge is -2.24. The normalized spacial score (nSPS) is 15.6. The lowest BCUT2D eigenvalue weighted by Crippen LogP contribution is -2.37. The minimum absolute atomic E-state index is 0.0111. The highest BCUT2D eigenvalue weighted by molar-refractivity contribution is 5.98. The van der Waals surface area contributed by atoms with Crippen molar-refractivity contribution in [3.8, 4) is 11.1 Å². The van der Waals surface area contributed by atoms with Gasteiger partial charge in [0, 0.05) is 23.0 Å². The first kappa shape index (κ1) is 16.4. The monoisotopic (exact) mass is 342 g/mol. The van der Waals surface area contributed by atoms with E-state index in [0.717, 1.165) is 23.2 Å². The second-order valence-corrected chi connectivity index (χ2v) is 6.77. The van der Waals surface area contributed by atoms with Crippen LogP contribution in [-0.4, -0.2) is 18.5 Å². The summed E-state index contributed by atoms with van der Waals surface area (Å²) in [5.41, 5.74) is 5.48. The van der Waals surface area contributed by atoms with E-state index < -0.39 is 0 Å². The summed E-state index contributed by atoms with van der Waals surface area (Å²) in [6.45, 7) is 2.53. The van der Waals surface area contributed by atoms with Gasteiger partial charge in [-0.25, -0.2) is 0 Å². The Hall–Kier alpha value is -3.07. The summed E-state index contributed by atoms with van der Waals surface area (Å²) < 4.78 is 0. The zero-order valence-corrected chi connectivity index (χ0v) is 14.9. The Morgan fingerprint density at radius 2 is 1.65 bits per heavy atom. The van der Waals surface area contributed by atoms with E-state index in [0.29, 0.717) is 12.6 Å². The van der Waals surface area contributed by atoms with E-state index in [4.69, 9.17) is 0 Å². The third-order valence-corrected chi connectivity index (χ3v) is 4.95. The number of amides is 1. The highest BCUT2D eigenvalue weighted by Gasteiger charge is 2.27. The van der Waals surface area contributed by atoms with Gasteiger partial charge < -0.3 is 10.2 Å². The molecule has 26 heavy (non-hydrogen) atoms. The first-order valence-electron chi connectivity index (χ1n) is 9.01. The molecule has 0 radical (unpaired) electrons. The molecule has 0 unspecified atom stereocenters. The molecule has 1 aliphatic heterocycles. The average molecular weight is 342 g/mol. The number of nitrogens with one attached hydrogen (secondary N) is 1. The van der Waals surface area contributed by atoms with E-state index in [9.17, 15) is 4.79 Å². The van der Waals surface area contributed by atoms with Crippen LogP contribution in [0.25, 0.3) is 11.1 Å². The van der Waals surface area contributed by atoms with Gasteiger partial charge in [0.2, 0.25) is 5.91 Å². The van der Waals surface area contributed by atoms with Crippen LogP contribution in [0.3, 0.4) is 0 Å². The average Bonchev–Trinajstić information content (AvgIpc) is 2.98. The predicted molar refractivity (Wildman–Crippen MR) is 107 cm³/mol. The fourth-order valence-electron chi connectivity index (χ4n) is 3.68. The molecule has 3 nitrogen and oxygen atoms in total. The molecular weight excluding hydrogens is 320 g/mol. The number of anilines is 2. The van der Waals surface area contributed by atoms with Crippen molar-refractivity contribution in [2.45, 2.75) is 19.4 Å². The zero-order chi connectivity index (χ0) is 17.9. The molecule has 1 heterocycles. The summed E-state index contributed by atoms with van der Waals surface area (Å²) in [5, 5.41) is 3.11. The summed E-state index contributed by atoms with van der Waals surface area (Å²) in [6, 6.07) is 26.8. The summed E-state index contributed by atoms with van der Waals surface area (Å²) >= 11 is 0. The number of hydrogen-bond donors (Lipinski definition) is 1. The van der Waals surface area contributed by atoms with Crippen molar-refractivity contribution in [2.24, 2.45) is 0 Å². The Bertz CT molecular complexity index is 920. The van der Waals surface area contributed by atoms with Crippen LogP contribution >= 0.6 is 0 Å². The van der Waals surface area contributed by atoms with Crippen molar-refractivity contribution in [1.29, 1.82) is 0 Å².